The van der Waals surface area contributed by atoms with Gasteiger partial charge in [0.05, 0.1) is 22.7 Å². The minimum Gasteiger partial charge on any atom is -0.308 e. The highest BCUT2D eigenvalue weighted by atomic mass is 16.1. The summed E-state index contributed by atoms with van der Waals surface area (Å²) >= 11 is 0. The minimum absolute atomic E-state index is 0.0851. The standard InChI is InChI=1S/C17H13N3O/c1-20-16-5-3-2-4-14(16)19-15(17(20)21)10-12-6-8-13(11-18)9-7-12/h2-9H,10H2,1H3. The maximum absolute atomic E-state index is 12.4. The van der Waals surface area contributed by atoms with Crippen molar-refractivity contribution < 1.29 is 0 Å². The second-order valence-corrected chi connectivity index (χ2v) is 4.90. The lowest BCUT2D eigenvalue weighted by atomic mass is 10.1. The first kappa shape index (κ1) is 13.1. The van der Waals surface area contributed by atoms with E-state index in [1.807, 2.05) is 36.4 Å². The lowest BCUT2D eigenvalue weighted by molar-refractivity contribution is 0.855. The number of fused-ring (bicyclic) bond motifs is 1. The number of benzene rings is 2. The molecule has 0 aliphatic heterocycles. The van der Waals surface area contributed by atoms with Crippen LogP contribution in [0.2, 0.25) is 0 Å². The maximum Gasteiger partial charge on any atom is 0.272 e. The molecule has 0 bridgehead atoms. The Morgan fingerprint density at radius 2 is 1.86 bits per heavy atom. The van der Waals surface area contributed by atoms with E-state index in [1.54, 1.807) is 23.7 Å². The second kappa shape index (κ2) is 5.22. The third-order valence-electron chi connectivity index (χ3n) is 3.50. The van der Waals surface area contributed by atoms with E-state index in [2.05, 4.69) is 11.1 Å². The maximum atomic E-state index is 12.4. The third kappa shape index (κ3) is 2.41. The van der Waals surface area contributed by atoms with E-state index in [-0.39, 0.29) is 5.56 Å². The van der Waals surface area contributed by atoms with E-state index in [9.17, 15) is 4.79 Å². The van der Waals surface area contributed by atoms with Gasteiger partial charge in [0.25, 0.3) is 5.56 Å². The number of hydrogen-bond acceptors (Lipinski definition) is 3. The molecule has 102 valence electrons. The van der Waals surface area contributed by atoms with Gasteiger partial charge in [-0.15, -0.1) is 0 Å². The van der Waals surface area contributed by atoms with Crippen molar-refractivity contribution in [2.45, 2.75) is 6.42 Å². The van der Waals surface area contributed by atoms with Crippen molar-refractivity contribution in [3.63, 3.8) is 0 Å². The highest BCUT2D eigenvalue weighted by Gasteiger charge is 2.09. The Morgan fingerprint density at radius 3 is 2.57 bits per heavy atom. The Hall–Kier alpha value is -2.93. The van der Waals surface area contributed by atoms with Gasteiger partial charge in [0.1, 0.15) is 5.69 Å². The van der Waals surface area contributed by atoms with Crippen LogP contribution in [-0.2, 0) is 13.5 Å². The molecule has 3 aromatic rings. The zero-order valence-electron chi connectivity index (χ0n) is 11.6. The number of aromatic nitrogens is 2. The van der Waals surface area contributed by atoms with Crippen LogP contribution in [0.25, 0.3) is 11.0 Å². The van der Waals surface area contributed by atoms with Crippen molar-refractivity contribution in [3.8, 4) is 6.07 Å². The minimum atomic E-state index is -0.0851. The molecule has 0 spiro atoms. The van der Waals surface area contributed by atoms with Crippen LogP contribution in [0.4, 0.5) is 0 Å². The Labute approximate surface area is 121 Å². The number of para-hydroxylation sites is 2. The molecule has 4 nitrogen and oxygen atoms in total. The van der Waals surface area contributed by atoms with Crippen LogP contribution in [0.15, 0.2) is 53.3 Å². The van der Waals surface area contributed by atoms with E-state index in [1.165, 1.54) is 0 Å². The molecular formula is C17H13N3O. The van der Waals surface area contributed by atoms with Crippen LogP contribution < -0.4 is 5.56 Å². The average Bonchev–Trinajstić information content (AvgIpc) is 2.53. The molecule has 3 rings (SSSR count). The SMILES string of the molecule is Cn1c(=O)c(Cc2ccc(C#N)cc2)nc2ccccc21. The monoisotopic (exact) mass is 275 g/mol. The van der Waals surface area contributed by atoms with Gasteiger partial charge in [-0.3, -0.25) is 4.79 Å². The molecule has 0 unspecified atom stereocenters. The van der Waals surface area contributed by atoms with Gasteiger partial charge in [-0.05, 0) is 29.8 Å². The fourth-order valence-corrected chi connectivity index (χ4v) is 2.34. The highest BCUT2D eigenvalue weighted by Crippen LogP contribution is 2.11. The summed E-state index contributed by atoms with van der Waals surface area (Å²) in [6.45, 7) is 0. The molecule has 0 N–H and O–H groups in total. The van der Waals surface area contributed by atoms with Crippen molar-refractivity contribution in [3.05, 3.63) is 75.7 Å². The van der Waals surface area contributed by atoms with Crippen LogP contribution >= 0.6 is 0 Å². The van der Waals surface area contributed by atoms with Gasteiger partial charge in [0, 0.05) is 13.5 Å². The topological polar surface area (TPSA) is 58.7 Å². The first-order valence-electron chi connectivity index (χ1n) is 6.63. The molecule has 0 aliphatic carbocycles. The first-order valence-corrected chi connectivity index (χ1v) is 6.63. The number of nitriles is 1. The normalized spacial score (nSPS) is 10.5. The van der Waals surface area contributed by atoms with Gasteiger partial charge in [0.2, 0.25) is 0 Å². The van der Waals surface area contributed by atoms with Crippen LogP contribution in [-0.4, -0.2) is 9.55 Å². The molecule has 2 aromatic carbocycles. The summed E-state index contributed by atoms with van der Waals surface area (Å²) in [6, 6.07) is 16.9. The quantitative estimate of drug-likeness (QED) is 0.721. The summed E-state index contributed by atoms with van der Waals surface area (Å²) in [6.07, 6.45) is 0.462. The highest BCUT2D eigenvalue weighted by molar-refractivity contribution is 5.74. The summed E-state index contributed by atoms with van der Waals surface area (Å²) in [5.74, 6) is 0. The second-order valence-electron chi connectivity index (χ2n) is 4.90. The largest absolute Gasteiger partial charge is 0.308 e. The van der Waals surface area contributed by atoms with Crippen molar-refractivity contribution in [1.82, 2.24) is 9.55 Å². The lowest BCUT2D eigenvalue weighted by Crippen LogP contribution is -2.23. The molecule has 0 amide bonds. The number of hydrogen-bond donors (Lipinski definition) is 0. The first-order chi connectivity index (χ1) is 10.2. The van der Waals surface area contributed by atoms with Crippen molar-refractivity contribution in [1.29, 1.82) is 5.26 Å². The van der Waals surface area contributed by atoms with Crippen LogP contribution in [0.1, 0.15) is 16.8 Å². The van der Waals surface area contributed by atoms with E-state index in [4.69, 9.17) is 5.26 Å². The third-order valence-corrected chi connectivity index (χ3v) is 3.50. The molecule has 0 atom stereocenters. The van der Waals surface area contributed by atoms with Gasteiger partial charge >= 0.3 is 0 Å². The Kier molecular flexibility index (Phi) is 3.25. The lowest BCUT2D eigenvalue weighted by Gasteiger charge is -2.07. The average molecular weight is 275 g/mol. The molecule has 4 heteroatoms. The molecule has 1 heterocycles. The van der Waals surface area contributed by atoms with Gasteiger partial charge < -0.3 is 4.57 Å². The van der Waals surface area contributed by atoms with E-state index in [0.717, 1.165) is 16.6 Å². The van der Waals surface area contributed by atoms with Crippen molar-refractivity contribution >= 4 is 11.0 Å². The zero-order chi connectivity index (χ0) is 14.8. The summed E-state index contributed by atoms with van der Waals surface area (Å²) in [7, 11) is 1.76. The molecule has 0 saturated heterocycles. The molecule has 0 radical (unpaired) electrons. The fraction of sp³-hybridized carbons (Fsp3) is 0.118. The Balaban J connectivity index is 2.06. The summed E-state index contributed by atoms with van der Waals surface area (Å²) < 4.78 is 1.63. The van der Waals surface area contributed by atoms with E-state index < -0.39 is 0 Å². The number of aryl methyl sites for hydroxylation is 1. The summed E-state index contributed by atoms with van der Waals surface area (Å²) in [5.41, 5.74) is 3.64. The van der Waals surface area contributed by atoms with Crippen molar-refractivity contribution in [2.24, 2.45) is 7.05 Å². The molecule has 1 aromatic heterocycles. The Bertz CT molecular complexity index is 902. The summed E-state index contributed by atoms with van der Waals surface area (Å²) in [5, 5.41) is 8.80. The van der Waals surface area contributed by atoms with E-state index >= 15 is 0 Å². The van der Waals surface area contributed by atoms with Gasteiger partial charge in [-0.2, -0.15) is 5.26 Å². The van der Waals surface area contributed by atoms with Crippen LogP contribution in [0, 0.1) is 11.3 Å². The summed E-state index contributed by atoms with van der Waals surface area (Å²) in [4.78, 5) is 16.8. The van der Waals surface area contributed by atoms with Crippen LogP contribution in [0.3, 0.4) is 0 Å². The molecule has 0 fully saturated rings. The van der Waals surface area contributed by atoms with Crippen molar-refractivity contribution in [2.75, 3.05) is 0 Å². The molecule has 21 heavy (non-hydrogen) atoms. The smallest absolute Gasteiger partial charge is 0.272 e. The van der Waals surface area contributed by atoms with Crippen LogP contribution in [0.5, 0.6) is 0 Å². The number of nitrogens with zero attached hydrogens (tertiary/aromatic N) is 3. The van der Waals surface area contributed by atoms with Gasteiger partial charge in [0.15, 0.2) is 0 Å². The number of rotatable bonds is 2. The van der Waals surface area contributed by atoms with Gasteiger partial charge in [-0.1, -0.05) is 24.3 Å². The predicted octanol–water partition coefficient (Wildman–Crippen LogP) is 2.40. The molecule has 0 saturated carbocycles. The predicted molar refractivity (Wildman–Crippen MR) is 80.9 cm³/mol. The zero-order valence-corrected chi connectivity index (χ0v) is 11.6. The Morgan fingerprint density at radius 1 is 1.14 bits per heavy atom. The fourth-order valence-electron chi connectivity index (χ4n) is 2.34. The molecule has 0 aliphatic rings. The van der Waals surface area contributed by atoms with E-state index in [0.29, 0.717) is 17.7 Å². The molecular weight excluding hydrogens is 262 g/mol. The van der Waals surface area contributed by atoms with Gasteiger partial charge in [-0.25, -0.2) is 4.98 Å².